The number of para-hydroxylation sites is 1. The van der Waals surface area contributed by atoms with E-state index in [4.69, 9.17) is 10.8 Å². The average Bonchev–Trinajstić information content (AvgIpc) is 2.45. The van der Waals surface area contributed by atoms with Gasteiger partial charge in [0, 0.05) is 11.9 Å². The van der Waals surface area contributed by atoms with Gasteiger partial charge < -0.3 is 10.8 Å². The highest BCUT2D eigenvalue weighted by molar-refractivity contribution is 5.87. The zero-order valence-electron chi connectivity index (χ0n) is 11.9. The van der Waals surface area contributed by atoms with Gasteiger partial charge >= 0.3 is 0 Å². The van der Waals surface area contributed by atoms with Crippen molar-refractivity contribution in [1.29, 1.82) is 0 Å². The third kappa shape index (κ3) is 3.65. The fourth-order valence-electron chi connectivity index (χ4n) is 2.21. The number of aliphatic hydroxyl groups excluding tert-OH is 1. The summed E-state index contributed by atoms with van der Waals surface area (Å²) in [5, 5.41) is 10.0. The Hall–Kier alpha value is -1.72. The molecule has 20 heavy (non-hydrogen) atoms. The first-order chi connectivity index (χ1) is 9.74. The lowest BCUT2D eigenvalue weighted by Crippen LogP contribution is -2.28. The zero-order chi connectivity index (χ0) is 14.4. The van der Waals surface area contributed by atoms with Crippen LogP contribution in [0.2, 0.25) is 0 Å². The van der Waals surface area contributed by atoms with Crippen molar-refractivity contribution in [2.24, 2.45) is 0 Å². The Morgan fingerprint density at radius 1 is 1.20 bits per heavy atom. The van der Waals surface area contributed by atoms with Gasteiger partial charge in [-0.2, -0.15) is 0 Å². The van der Waals surface area contributed by atoms with E-state index in [1.807, 2.05) is 24.3 Å². The number of rotatable bonds is 7. The quantitative estimate of drug-likeness (QED) is 0.805. The number of nitrogen functional groups attached to an aromatic ring is 1. The second-order valence-corrected chi connectivity index (χ2v) is 4.90. The van der Waals surface area contributed by atoms with Crippen molar-refractivity contribution in [2.75, 3.05) is 25.4 Å². The van der Waals surface area contributed by atoms with Gasteiger partial charge in [-0.3, -0.25) is 4.90 Å². The fraction of sp³-hybridized carbons (Fsp3) is 0.467. The molecule has 108 valence electrons. The summed E-state index contributed by atoms with van der Waals surface area (Å²) >= 11 is 0. The van der Waals surface area contributed by atoms with E-state index in [1.54, 1.807) is 0 Å². The Bertz CT molecular complexity index is 559. The second kappa shape index (κ2) is 7.17. The van der Waals surface area contributed by atoms with Crippen LogP contribution in [0.4, 0.5) is 5.82 Å². The molecule has 1 aromatic heterocycles. The lowest BCUT2D eigenvalue weighted by molar-refractivity contribution is 0.185. The zero-order valence-corrected chi connectivity index (χ0v) is 11.9. The molecule has 3 N–H and O–H groups in total. The molecular weight excluding hydrogens is 252 g/mol. The maximum atomic E-state index is 9.13. The highest BCUT2D eigenvalue weighted by Gasteiger charge is 2.09. The molecule has 1 heterocycles. The summed E-state index contributed by atoms with van der Waals surface area (Å²) < 4.78 is 0. The summed E-state index contributed by atoms with van der Waals surface area (Å²) in [4.78, 5) is 11.1. The molecule has 5 heteroatoms. The van der Waals surface area contributed by atoms with Gasteiger partial charge in [-0.05, 0) is 25.1 Å². The Kier molecular flexibility index (Phi) is 5.26. The molecular formula is C15H22N4O. The third-order valence-corrected chi connectivity index (χ3v) is 3.29. The van der Waals surface area contributed by atoms with Crippen LogP contribution in [0.3, 0.4) is 0 Å². The van der Waals surface area contributed by atoms with Crippen LogP contribution in [-0.2, 0) is 6.54 Å². The lowest BCUT2D eigenvalue weighted by Gasteiger charge is -2.20. The van der Waals surface area contributed by atoms with Crippen LogP contribution in [0.1, 0.15) is 25.6 Å². The molecule has 0 saturated carbocycles. The average molecular weight is 274 g/mol. The number of aliphatic hydroxyl groups is 1. The molecule has 0 unspecified atom stereocenters. The van der Waals surface area contributed by atoms with Gasteiger partial charge in [-0.1, -0.05) is 25.5 Å². The minimum absolute atomic E-state index is 0.146. The van der Waals surface area contributed by atoms with E-state index in [1.165, 1.54) is 0 Å². The molecule has 0 atom stereocenters. The van der Waals surface area contributed by atoms with E-state index >= 15 is 0 Å². The molecule has 0 aliphatic carbocycles. The Balaban J connectivity index is 2.18. The molecule has 0 bridgehead atoms. The first kappa shape index (κ1) is 14.7. The molecule has 0 spiro atoms. The van der Waals surface area contributed by atoms with Crippen molar-refractivity contribution in [3.63, 3.8) is 0 Å². The van der Waals surface area contributed by atoms with Gasteiger partial charge in [0.05, 0.1) is 18.7 Å². The molecule has 2 rings (SSSR count). The van der Waals surface area contributed by atoms with Crippen LogP contribution in [-0.4, -0.2) is 39.7 Å². The van der Waals surface area contributed by atoms with Gasteiger partial charge in [0.15, 0.2) is 0 Å². The Morgan fingerprint density at radius 2 is 2.00 bits per heavy atom. The van der Waals surface area contributed by atoms with E-state index in [-0.39, 0.29) is 6.61 Å². The van der Waals surface area contributed by atoms with Crippen LogP contribution < -0.4 is 5.73 Å². The minimum atomic E-state index is 0.146. The number of fused-ring (bicyclic) bond motifs is 1. The SMILES string of the molecule is CCCCN(CCO)Cc1nc(N)c2ccccc2n1. The highest BCUT2D eigenvalue weighted by atomic mass is 16.3. The fourth-order valence-corrected chi connectivity index (χ4v) is 2.21. The van der Waals surface area contributed by atoms with E-state index in [2.05, 4.69) is 21.8 Å². The first-order valence-electron chi connectivity index (χ1n) is 7.09. The maximum Gasteiger partial charge on any atom is 0.145 e. The topological polar surface area (TPSA) is 75.3 Å². The van der Waals surface area contributed by atoms with Gasteiger partial charge in [0.2, 0.25) is 0 Å². The summed E-state index contributed by atoms with van der Waals surface area (Å²) in [5.74, 6) is 1.23. The van der Waals surface area contributed by atoms with Crippen LogP contribution in [0.5, 0.6) is 0 Å². The number of aromatic nitrogens is 2. The van der Waals surface area contributed by atoms with Gasteiger partial charge in [-0.25, -0.2) is 9.97 Å². The first-order valence-corrected chi connectivity index (χ1v) is 7.09. The summed E-state index contributed by atoms with van der Waals surface area (Å²) in [6, 6.07) is 7.75. The van der Waals surface area contributed by atoms with Crippen LogP contribution in [0.25, 0.3) is 10.9 Å². The number of anilines is 1. The normalized spacial score (nSPS) is 11.3. The van der Waals surface area contributed by atoms with Gasteiger partial charge in [0.1, 0.15) is 11.6 Å². The molecule has 2 aromatic rings. The minimum Gasteiger partial charge on any atom is -0.395 e. The number of unbranched alkanes of at least 4 members (excludes halogenated alkanes) is 1. The Labute approximate surface area is 119 Å². The maximum absolute atomic E-state index is 9.13. The highest BCUT2D eigenvalue weighted by Crippen LogP contribution is 2.17. The van der Waals surface area contributed by atoms with Crippen molar-refractivity contribution in [2.45, 2.75) is 26.3 Å². The van der Waals surface area contributed by atoms with Crippen LogP contribution in [0.15, 0.2) is 24.3 Å². The molecule has 0 aliphatic rings. The summed E-state index contributed by atoms with van der Waals surface area (Å²) in [6.45, 7) is 4.49. The predicted octanol–water partition coefficient (Wildman–Crippen LogP) is 1.81. The van der Waals surface area contributed by atoms with Gasteiger partial charge in [0.25, 0.3) is 0 Å². The monoisotopic (exact) mass is 274 g/mol. The lowest BCUT2D eigenvalue weighted by atomic mass is 10.2. The summed E-state index contributed by atoms with van der Waals surface area (Å²) in [7, 11) is 0. The number of benzene rings is 1. The molecule has 0 aliphatic heterocycles. The molecule has 5 nitrogen and oxygen atoms in total. The van der Waals surface area contributed by atoms with E-state index in [9.17, 15) is 0 Å². The summed E-state index contributed by atoms with van der Waals surface area (Å²) in [6.07, 6.45) is 2.23. The molecule has 0 amide bonds. The molecule has 0 radical (unpaired) electrons. The largest absolute Gasteiger partial charge is 0.395 e. The van der Waals surface area contributed by atoms with Crippen LogP contribution >= 0.6 is 0 Å². The summed E-state index contributed by atoms with van der Waals surface area (Å²) in [5.41, 5.74) is 6.86. The third-order valence-electron chi connectivity index (χ3n) is 3.29. The number of hydrogen-bond donors (Lipinski definition) is 2. The van der Waals surface area contributed by atoms with Crippen molar-refractivity contribution >= 4 is 16.7 Å². The molecule has 0 fully saturated rings. The second-order valence-electron chi connectivity index (χ2n) is 4.90. The predicted molar refractivity (Wildman–Crippen MR) is 81.2 cm³/mol. The van der Waals surface area contributed by atoms with Crippen molar-refractivity contribution in [3.8, 4) is 0 Å². The Morgan fingerprint density at radius 3 is 2.75 bits per heavy atom. The van der Waals surface area contributed by atoms with E-state index < -0.39 is 0 Å². The number of nitrogens with two attached hydrogens (primary N) is 1. The van der Waals surface area contributed by atoms with E-state index in [0.29, 0.717) is 24.7 Å². The van der Waals surface area contributed by atoms with Crippen molar-refractivity contribution < 1.29 is 5.11 Å². The number of nitrogens with zero attached hydrogens (tertiary/aromatic N) is 3. The van der Waals surface area contributed by atoms with Crippen molar-refractivity contribution in [1.82, 2.24) is 14.9 Å². The number of hydrogen-bond acceptors (Lipinski definition) is 5. The van der Waals surface area contributed by atoms with Crippen molar-refractivity contribution in [3.05, 3.63) is 30.1 Å². The smallest absolute Gasteiger partial charge is 0.145 e. The van der Waals surface area contributed by atoms with Gasteiger partial charge in [-0.15, -0.1) is 0 Å². The molecule has 0 saturated heterocycles. The van der Waals surface area contributed by atoms with Crippen LogP contribution in [0, 0.1) is 0 Å². The van der Waals surface area contributed by atoms with E-state index in [0.717, 1.165) is 30.3 Å². The standard InChI is InChI=1S/C15H22N4O/c1-2-3-8-19(9-10-20)11-14-17-13-7-5-4-6-12(13)15(16)18-14/h4-7,20H,2-3,8-11H2,1H3,(H2,16,17,18). The molecule has 1 aromatic carbocycles.